The molecule has 0 unspecified atom stereocenters. The van der Waals surface area contributed by atoms with Crippen molar-refractivity contribution in [2.75, 3.05) is 6.61 Å². The summed E-state index contributed by atoms with van der Waals surface area (Å²) in [5, 5.41) is 0. The number of benzene rings is 2. The van der Waals surface area contributed by atoms with E-state index in [0.717, 1.165) is 24.2 Å². The summed E-state index contributed by atoms with van der Waals surface area (Å²) < 4.78 is 5.67. The largest absolute Gasteiger partial charge is 0.486 e. The molecule has 2 heteroatoms. The van der Waals surface area contributed by atoms with E-state index in [4.69, 9.17) is 4.74 Å². The molecule has 2 rings (SSSR count). The third-order valence-corrected chi connectivity index (χ3v) is 3.13. The first kappa shape index (κ1) is 14.3. The smallest absolute Gasteiger partial charge is 0.170 e. The highest BCUT2D eigenvalue weighted by Crippen LogP contribution is 2.21. The second-order valence-electron chi connectivity index (χ2n) is 4.85. The van der Waals surface area contributed by atoms with Gasteiger partial charge in [0.05, 0.1) is 0 Å². The van der Waals surface area contributed by atoms with Gasteiger partial charge in [0, 0.05) is 12.8 Å². The minimum absolute atomic E-state index is 0.155. The summed E-state index contributed by atoms with van der Waals surface area (Å²) in [6.07, 6.45) is 2.27. The van der Waals surface area contributed by atoms with Crippen molar-refractivity contribution < 1.29 is 9.53 Å². The van der Waals surface area contributed by atoms with E-state index < -0.39 is 0 Å². The summed E-state index contributed by atoms with van der Waals surface area (Å²) in [4.78, 5) is 11.6. The van der Waals surface area contributed by atoms with Crippen molar-refractivity contribution >= 4 is 5.78 Å². The Balaban J connectivity index is 2.04. The first-order chi connectivity index (χ1) is 9.79. The maximum atomic E-state index is 11.6. The van der Waals surface area contributed by atoms with Gasteiger partial charge in [-0.25, -0.2) is 0 Å². The first-order valence-electron chi connectivity index (χ1n) is 7.06. The summed E-state index contributed by atoms with van der Waals surface area (Å²) in [6.45, 7) is 2.17. The van der Waals surface area contributed by atoms with Gasteiger partial charge in [-0.05, 0) is 23.6 Å². The molecule has 0 aliphatic heterocycles. The second kappa shape index (κ2) is 7.49. The lowest BCUT2D eigenvalue weighted by Gasteiger charge is -2.11. The van der Waals surface area contributed by atoms with Gasteiger partial charge in [0.15, 0.2) is 5.78 Å². The van der Waals surface area contributed by atoms with E-state index in [1.165, 1.54) is 5.56 Å². The Labute approximate surface area is 120 Å². The molecule has 0 aliphatic carbocycles. The molecule has 2 nitrogen and oxygen atoms in total. The third kappa shape index (κ3) is 4.23. The van der Waals surface area contributed by atoms with Gasteiger partial charge >= 0.3 is 0 Å². The van der Waals surface area contributed by atoms with Gasteiger partial charge in [-0.2, -0.15) is 0 Å². The number of carbonyl (C=O) groups excluding carboxylic acids is 1. The van der Waals surface area contributed by atoms with Gasteiger partial charge in [-0.1, -0.05) is 55.5 Å². The van der Waals surface area contributed by atoms with Crippen LogP contribution in [0.15, 0.2) is 54.6 Å². The summed E-state index contributed by atoms with van der Waals surface area (Å²) in [5.74, 6) is 0.961. The van der Waals surface area contributed by atoms with Gasteiger partial charge < -0.3 is 4.74 Å². The van der Waals surface area contributed by atoms with E-state index in [1.54, 1.807) is 0 Å². The molecule has 0 aromatic heterocycles. The van der Waals surface area contributed by atoms with Crippen LogP contribution < -0.4 is 4.74 Å². The lowest BCUT2D eigenvalue weighted by Crippen LogP contribution is -2.11. The number of hydrogen-bond donors (Lipinski definition) is 0. The molecule has 2 aromatic rings. The quantitative estimate of drug-likeness (QED) is 0.758. The van der Waals surface area contributed by atoms with E-state index >= 15 is 0 Å². The predicted molar refractivity (Wildman–Crippen MR) is 81.1 cm³/mol. The van der Waals surface area contributed by atoms with Gasteiger partial charge in [-0.15, -0.1) is 0 Å². The van der Waals surface area contributed by atoms with E-state index in [-0.39, 0.29) is 12.4 Å². The lowest BCUT2D eigenvalue weighted by atomic mass is 10.0. The minimum atomic E-state index is 0.155. The molecular weight excluding hydrogens is 248 g/mol. The zero-order chi connectivity index (χ0) is 14.2. The topological polar surface area (TPSA) is 26.3 Å². The minimum Gasteiger partial charge on any atom is -0.486 e. The van der Waals surface area contributed by atoms with Crippen molar-refractivity contribution in [1.29, 1.82) is 0 Å². The van der Waals surface area contributed by atoms with Crippen LogP contribution in [0.2, 0.25) is 0 Å². The average molecular weight is 268 g/mol. The number of Topliss-reactive ketones (excluding diaryl/α,β-unsaturated/α-hetero) is 1. The molecule has 0 bridgehead atoms. The van der Waals surface area contributed by atoms with Crippen molar-refractivity contribution in [3.63, 3.8) is 0 Å². The van der Waals surface area contributed by atoms with Crippen LogP contribution in [0.3, 0.4) is 0 Å². The summed E-state index contributed by atoms with van der Waals surface area (Å²) in [6, 6.07) is 18.2. The van der Waals surface area contributed by atoms with Crippen molar-refractivity contribution in [2.24, 2.45) is 0 Å². The molecule has 0 spiro atoms. The van der Waals surface area contributed by atoms with E-state index in [1.807, 2.05) is 49.4 Å². The number of para-hydroxylation sites is 1. The van der Waals surface area contributed by atoms with E-state index in [9.17, 15) is 4.79 Å². The van der Waals surface area contributed by atoms with Crippen LogP contribution in [0.25, 0.3) is 0 Å². The van der Waals surface area contributed by atoms with Crippen LogP contribution in [-0.2, 0) is 11.2 Å². The van der Waals surface area contributed by atoms with Crippen LogP contribution in [0.4, 0.5) is 0 Å². The molecule has 0 N–H and O–H groups in total. The molecule has 0 fully saturated rings. The highest BCUT2D eigenvalue weighted by atomic mass is 16.5. The van der Waals surface area contributed by atoms with Crippen molar-refractivity contribution in [2.45, 2.75) is 26.2 Å². The van der Waals surface area contributed by atoms with Crippen LogP contribution in [0.1, 0.15) is 30.9 Å². The fourth-order valence-electron chi connectivity index (χ4n) is 2.12. The van der Waals surface area contributed by atoms with Crippen LogP contribution in [-0.4, -0.2) is 12.4 Å². The number of ether oxygens (including phenoxy) is 1. The zero-order valence-corrected chi connectivity index (χ0v) is 11.8. The normalized spacial score (nSPS) is 10.2. The highest BCUT2D eigenvalue weighted by molar-refractivity contribution is 5.79. The molecule has 0 atom stereocenters. The molecular formula is C18H20O2. The molecule has 0 saturated heterocycles. The third-order valence-electron chi connectivity index (χ3n) is 3.13. The Morgan fingerprint density at radius 1 is 1.00 bits per heavy atom. The monoisotopic (exact) mass is 268 g/mol. The maximum absolute atomic E-state index is 11.6. The van der Waals surface area contributed by atoms with Crippen LogP contribution >= 0.6 is 0 Å². The van der Waals surface area contributed by atoms with Gasteiger partial charge in [0.2, 0.25) is 0 Å². The van der Waals surface area contributed by atoms with Crippen LogP contribution in [0.5, 0.6) is 5.75 Å². The lowest BCUT2D eigenvalue weighted by molar-refractivity contribution is -0.121. The SMILES string of the molecule is CCCC(=O)COc1ccccc1Cc1ccccc1. The predicted octanol–water partition coefficient (Wildman–Crippen LogP) is 4.03. The fraction of sp³-hybridized carbons (Fsp3) is 0.278. The summed E-state index contributed by atoms with van der Waals surface area (Å²) >= 11 is 0. The van der Waals surface area contributed by atoms with E-state index in [2.05, 4.69) is 12.1 Å². The molecule has 20 heavy (non-hydrogen) atoms. The van der Waals surface area contributed by atoms with Crippen molar-refractivity contribution in [1.82, 2.24) is 0 Å². The number of carbonyl (C=O) groups is 1. The summed E-state index contributed by atoms with van der Waals surface area (Å²) in [5.41, 5.74) is 2.35. The molecule has 0 radical (unpaired) electrons. The fourth-order valence-corrected chi connectivity index (χ4v) is 2.12. The highest BCUT2D eigenvalue weighted by Gasteiger charge is 2.06. The Kier molecular flexibility index (Phi) is 5.36. The Bertz CT molecular complexity index is 546. The molecule has 0 heterocycles. The van der Waals surface area contributed by atoms with Crippen molar-refractivity contribution in [3.8, 4) is 5.75 Å². The number of ketones is 1. The van der Waals surface area contributed by atoms with Gasteiger partial charge in [0.1, 0.15) is 12.4 Å². The number of hydrogen-bond acceptors (Lipinski definition) is 2. The molecule has 0 saturated carbocycles. The Morgan fingerprint density at radius 2 is 1.70 bits per heavy atom. The van der Waals surface area contributed by atoms with Crippen molar-refractivity contribution in [3.05, 3.63) is 65.7 Å². The zero-order valence-electron chi connectivity index (χ0n) is 11.8. The van der Waals surface area contributed by atoms with Gasteiger partial charge in [0.25, 0.3) is 0 Å². The molecule has 0 aliphatic rings. The molecule has 104 valence electrons. The van der Waals surface area contributed by atoms with Crippen LogP contribution in [0, 0.1) is 0 Å². The summed E-state index contributed by atoms with van der Waals surface area (Å²) in [7, 11) is 0. The second-order valence-corrected chi connectivity index (χ2v) is 4.85. The van der Waals surface area contributed by atoms with E-state index in [0.29, 0.717) is 6.42 Å². The number of rotatable bonds is 7. The molecule has 2 aromatic carbocycles. The Morgan fingerprint density at radius 3 is 2.45 bits per heavy atom. The van der Waals surface area contributed by atoms with Gasteiger partial charge in [-0.3, -0.25) is 4.79 Å². The Hall–Kier alpha value is -2.09. The standard InChI is InChI=1S/C18H20O2/c1-2-8-17(19)14-20-18-12-7-6-11-16(18)13-15-9-4-3-5-10-15/h3-7,9-12H,2,8,13-14H2,1H3. The first-order valence-corrected chi connectivity index (χ1v) is 7.06. The molecule has 0 amide bonds. The average Bonchev–Trinajstić information content (AvgIpc) is 2.48. The maximum Gasteiger partial charge on any atom is 0.170 e.